The van der Waals surface area contributed by atoms with Crippen molar-refractivity contribution in [2.45, 2.75) is 0 Å². The van der Waals surface area contributed by atoms with Gasteiger partial charge in [-0.15, -0.1) is 0 Å². The Balaban J connectivity index is 2.08. The molecule has 1 N–H and O–H groups in total. The third kappa shape index (κ3) is 0.769. The predicted molar refractivity (Wildman–Crippen MR) is 17.8 cm³/mol. The van der Waals surface area contributed by atoms with E-state index in [0.717, 1.165) is 12.3 Å². The summed E-state index contributed by atoms with van der Waals surface area (Å²) in [4.78, 5) is 0. The molecule has 0 aliphatic carbocycles. The van der Waals surface area contributed by atoms with Gasteiger partial charge in [0, 0.05) is 0 Å². The Labute approximate surface area is 34.0 Å². The summed E-state index contributed by atoms with van der Waals surface area (Å²) in [5, 5.41) is 0. The van der Waals surface area contributed by atoms with E-state index in [4.69, 9.17) is 0 Å². The van der Waals surface area contributed by atoms with E-state index in [1.54, 1.807) is 0 Å². The van der Waals surface area contributed by atoms with Gasteiger partial charge in [-0.3, -0.25) is 4.18 Å². The van der Waals surface area contributed by atoms with Crippen LogP contribution in [-0.4, -0.2) is 6.73 Å². The minimum Gasteiger partial charge on any atom is -0.272 e. The van der Waals surface area contributed by atoms with Gasteiger partial charge in [-0.2, -0.15) is 9.76 Å². The van der Waals surface area contributed by atoms with Crippen molar-refractivity contribution in [1.29, 1.82) is 0 Å². The van der Waals surface area contributed by atoms with Crippen LogP contribution in [-0.2, 0) is 8.47 Å². The Bertz CT molecular complexity index is 21.2. The van der Waals surface area contributed by atoms with Crippen molar-refractivity contribution >= 4 is 12.3 Å². The monoisotopic (exact) mass is 93.0 g/mol. The predicted octanol–water partition coefficient (Wildman–Crippen LogP) is 0.0585. The average Bonchev–Trinajstić information content (AvgIpc) is 1.76. The zero-order valence-corrected chi connectivity index (χ0v) is 3.25. The number of nitrogens with one attached hydrogen (secondary N) is 1. The summed E-state index contributed by atoms with van der Waals surface area (Å²) in [6.45, 7) is 0.491. The number of rotatable bonds is 0. The van der Waals surface area contributed by atoms with Crippen molar-refractivity contribution in [3.05, 3.63) is 0 Å². The summed E-state index contributed by atoms with van der Waals surface area (Å²) in [6, 6.07) is 0. The molecule has 0 saturated carbocycles. The first-order valence-corrected chi connectivity index (χ1v) is 1.85. The molecule has 0 aromatic carbocycles. The molecule has 3 nitrogen and oxygen atoms in total. The zero-order valence-electron chi connectivity index (χ0n) is 2.43. The fourth-order valence-corrected chi connectivity index (χ4v) is 0.361. The van der Waals surface area contributed by atoms with E-state index in [2.05, 4.69) is 13.9 Å². The summed E-state index contributed by atoms with van der Waals surface area (Å²) in [6.07, 6.45) is 0. The van der Waals surface area contributed by atoms with E-state index in [1.807, 2.05) is 0 Å². The lowest BCUT2D eigenvalue weighted by Crippen LogP contribution is -2.01. The van der Waals surface area contributed by atoms with E-state index in [9.17, 15) is 0 Å². The third-order valence-corrected chi connectivity index (χ3v) is 0.659. The molecule has 5 heavy (non-hydrogen) atoms. The highest BCUT2D eigenvalue weighted by Gasteiger charge is 1.95. The van der Waals surface area contributed by atoms with Gasteiger partial charge < -0.3 is 0 Å². The van der Waals surface area contributed by atoms with Gasteiger partial charge in [-0.25, -0.2) is 0 Å². The van der Waals surface area contributed by atoms with Crippen LogP contribution in [0.5, 0.6) is 0 Å². The average molecular weight is 93.1 g/mol. The molecule has 0 amide bonds. The molecular formula is CH3NO2S. The van der Waals surface area contributed by atoms with Crippen molar-refractivity contribution in [3.63, 3.8) is 0 Å². The minimum atomic E-state index is 0.491. The second kappa shape index (κ2) is 1.61. The maximum atomic E-state index is 4.53. The summed E-state index contributed by atoms with van der Waals surface area (Å²) in [5.41, 5.74) is 2.46. The Morgan fingerprint density at radius 2 is 2.80 bits per heavy atom. The molecule has 0 radical (unpaired) electrons. The Morgan fingerprint density at radius 3 is 3.00 bits per heavy atom. The molecule has 0 bridgehead atoms. The van der Waals surface area contributed by atoms with E-state index >= 15 is 0 Å². The molecule has 0 aromatic rings. The van der Waals surface area contributed by atoms with Crippen LogP contribution >= 0.6 is 12.3 Å². The molecule has 30 valence electrons. The summed E-state index contributed by atoms with van der Waals surface area (Å²) in [7, 11) is 0. The maximum absolute atomic E-state index is 4.53. The topological polar surface area (TPSA) is 30.5 Å². The smallest absolute Gasteiger partial charge is 0.180 e. The zero-order chi connectivity index (χ0) is 3.54. The van der Waals surface area contributed by atoms with Gasteiger partial charge in [-0.05, 0) is 0 Å². The molecule has 1 aliphatic heterocycles. The molecule has 1 heterocycles. The SMILES string of the molecule is C1NOSO1. The normalized spacial score (nSPS) is 24.0. The first-order chi connectivity index (χ1) is 2.50. The second-order valence-corrected chi connectivity index (χ2v) is 1.10. The molecule has 1 aliphatic rings. The Morgan fingerprint density at radius 1 is 1.80 bits per heavy atom. The standard InChI is InChI=1S/CH3NO2S/c1-2-4-5-3-1/h2H,1H2. The number of hydrogen-bond acceptors (Lipinski definition) is 4. The van der Waals surface area contributed by atoms with Crippen LogP contribution in [0.1, 0.15) is 0 Å². The molecule has 0 spiro atoms. The van der Waals surface area contributed by atoms with Crippen molar-refractivity contribution in [2.75, 3.05) is 6.73 Å². The van der Waals surface area contributed by atoms with Crippen molar-refractivity contribution in [2.24, 2.45) is 0 Å². The Hall–Kier alpha value is 0.230. The van der Waals surface area contributed by atoms with Gasteiger partial charge in [0.25, 0.3) is 0 Å². The number of hydrogen-bond donors (Lipinski definition) is 1. The van der Waals surface area contributed by atoms with Gasteiger partial charge in [-0.1, -0.05) is 0 Å². The van der Waals surface area contributed by atoms with E-state index in [-0.39, 0.29) is 0 Å². The van der Waals surface area contributed by atoms with Gasteiger partial charge >= 0.3 is 0 Å². The van der Waals surface area contributed by atoms with Gasteiger partial charge in [0.05, 0.1) is 0 Å². The lowest BCUT2D eigenvalue weighted by Gasteiger charge is -1.71. The van der Waals surface area contributed by atoms with Crippen LogP contribution in [0.4, 0.5) is 0 Å². The molecule has 4 heteroatoms. The lowest BCUT2D eigenvalue weighted by molar-refractivity contribution is 0.234. The Kier molecular flexibility index (Phi) is 1.10. The van der Waals surface area contributed by atoms with Crippen molar-refractivity contribution < 1.29 is 8.47 Å². The second-order valence-electron chi connectivity index (χ2n) is 0.558. The quantitative estimate of drug-likeness (QED) is 0.429. The molecular weight excluding hydrogens is 90.1 g/mol. The van der Waals surface area contributed by atoms with E-state index in [1.165, 1.54) is 0 Å². The first kappa shape index (κ1) is 3.42. The summed E-state index contributed by atoms with van der Waals surface area (Å²) >= 11 is 0.963. The molecule has 0 atom stereocenters. The van der Waals surface area contributed by atoms with Gasteiger partial charge in [0.2, 0.25) is 0 Å². The molecule has 1 saturated heterocycles. The third-order valence-electron chi connectivity index (χ3n) is 0.259. The first-order valence-electron chi connectivity index (χ1n) is 1.18. The fourth-order valence-electron chi connectivity index (χ4n) is 0.120. The maximum Gasteiger partial charge on any atom is 0.180 e. The van der Waals surface area contributed by atoms with Crippen LogP contribution in [0, 0.1) is 0 Å². The highest BCUT2D eigenvalue weighted by atomic mass is 32.2. The van der Waals surface area contributed by atoms with Crippen LogP contribution in [0.25, 0.3) is 0 Å². The summed E-state index contributed by atoms with van der Waals surface area (Å²) in [5.74, 6) is 0. The fraction of sp³-hybridized carbons (Fsp3) is 1.00. The van der Waals surface area contributed by atoms with Crippen LogP contribution < -0.4 is 5.48 Å². The summed E-state index contributed by atoms with van der Waals surface area (Å²) < 4.78 is 8.92. The largest absolute Gasteiger partial charge is 0.272 e. The van der Waals surface area contributed by atoms with Crippen molar-refractivity contribution in [3.8, 4) is 0 Å². The molecule has 0 aromatic heterocycles. The molecule has 0 unspecified atom stereocenters. The lowest BCUT2D eigenvalue weighted by atomic mass is 11.4. The van der Waals surface area contributed by atoms with Crippen LogP contribution in [0.2, 0.25) is 0 Å². The molecule has 1 rings (SSSR count). The van der Waals surface area contributed by atoms with Gasteiger partial charge in [0.1, 0.15) is 6.73 Å². The van der Waals surface area contributed by atoms with Crippen LogP contribution in [0.3, 0.4) is 0 Å². The van der Waals surface area contributed by atoms with Crippen LogP contribution in [0.15, 0.2) is 0 Å². The van der Waals surface area contributed by atoms with Gasteiger partial charge in [0.15, 0.2) is 12.3 Å². The van der Waals surface area contributed by atoms with Crippen molar-refractivity contribution in [1.82, 2.24) is 5.48 Å². The number of hydroxylamine groups is 1. The highest BCUT2D eigenvalue weighted by molar-refractivity contribution is 7.89. The minimum absolute atomic E-state index is 0.491. The molecule has 1 fully saturated rings. The highest BCUT2D eigenvalue weighted by Crippen LogP contribution is 2.04. The van der Waals surface area contributed by atoms with E-state index in [0.29, 0.717) is 6.73 Å². The van der Waals surface area contributed by atoms with E-state index < -0.39 is 0 Å².